The van der Waals surface area contributed by atoms with Crippen molar-refractivity contribution in [1.29, 1.82) is 0 Å². The molecule has 82 valence electrons. The first-order chi connectivity index (χ1) is 7.22. The van der Waals surface area contributed by atoms with Crippen LogP contribution in [0.25, 0.3) is 6.08 Å². The van der Waals surface area contributed by atoms with Crippen molar-refractivity contribution in [1.82, 2.24) is 0 Å². The number of aryl methyl sites for hydroxylation is 1. The van der Waals surface area contributed by atoms with E-state index in [1.54, 1.807) is 14.2 Å². The molecule has 0 heterocycles. The van der Waals surface area contributed by atoms with Gasteiger partial charge in [-0.05, 0) is 18.6 Å². The fourth-order valence-corrected chi connectivity index (χ4v) is 1.41. The van der Waals surface area contributed by atoms with Crippen molar-refractivity contribution in [2.24, 2.45) is 5.73 Å². The molecule has 0 fully saturated rings. The van der Waals surface area contributed by atoms with Crippen LogP contribution in [0.3, 0.4) is 0 Å². The Morgan fingerprint density at radius 3 is 2.40 bits per heavy atom. The molecule has 0 aromatic heterocycles. The third-order valence-corrected chi connectivity index (χ3v) is 2.18. The zero-order valence-corrected chi connectivity index (χ0v) is 9.41. The molecule has 3 heteroatoms. The smallest absolute Gasteiger partial charge is 0.129 e. The summed E-state index contributed by atoms with van der Waals surface area (Å²) in [4.78, 5) is 0. The lowest BCUT2D eigenvalue weighted by Gasteiger charge is -2.10. The Labute approximate surface area is 90.5 Å². The molecule has 0 spiro atoms. The summed E-state index contributed by atoms with van der Waals surface area (Å²) in [6, 6.07) is 3.90. The molecule has 1 aromatic carbocycles. The standard InChI is InChI=1S/C12H17NO2/c1-9-7-10(5-4-6-13)12(15-3)8-11(9)14-2/h4-5,7-8H,6,13H2,1-3H3/b5-4+. The van der Waals surface area contributed by atoms with E-state index in [-0.39, 0.29) is 0 Å². The predicted molar refractivity (Wildman–Crippen MR) is 62.4 cm³/mol. The molecule has 0 aliphatic heterocycles. The van der Waals surface area contributed by atoms with E-state index in [2.05, 4.69) is 0 Å². The van der Waals surface area contributed by atoms with Crippen LogP contribution in [0.2, 0.25) is 0 Å². The van der Waals surface area contributed by atoms with Crippen LogP contribution in [0.5, 0.6) is 11.5 Å². The highest BCUT2D eigenvalue weighted by atomic mass is 16.5. The Hall–Kier alpha value is -1.48. The molecule has 0 radical (unpaired) electrons. The van der Waals surface area contributed by atoms with Gasteiger partial charge in [0.2, 0.25) is 0 Å². The quantitative estimate of drug-likeness (QED) is 0.821. The van der Waals surface area contributed by atoms with Crippen molar-refractivity contribution in [2.75, 3.05) is 20.8 Å². The topological polar surface area (TPSA) is 44.5 Å². The Morgan fingerprint density at radius 2 is 1.87 bits per heavy atom. The summed E-state index contributed by atoms with van der Waals surface area (Å²) in [5.74, 6) is 1.62. The van der Waals surface area contributed by atoms with Gasteiger partial charge in [-0.2, -0.15) is 0 Å². The van der Waals surface area contributed by atoms with Crippen molar-refractivity contribution >= 4 is 6.08 Å². The molecule has 0 saturated heterocycles. The van der Waals surface area contributed by atoms with Crippen LogP contribution in [-0.4, -0.2) is 20.8 Å². The van der Waals surface area contributed by atoms with E-state index in [9.17, 15) is 0 Å². The van der Waals surface area contributed by atoms with E-state index in [0.29, 0.717) is 6.54 Å². The molecule has 0 atom stereocenters. The maximum atomic E-state index is 5.41. The van der Waals surface area contributed by atoms with Crippen molar-refractivity contribution in [2.45, 2.75) is 6.92 Å². The molecular weight excluding hydrogens is 190 g/mol. The Balaban J connectivity index is 3.15. The Kier molecular flexibility index (Phi) is 4.18. The first kappa shape index (κ1) is 11.6. The van der Waals surface area contributed by atoms with E-state index < -0.39 is 0 Å². The highest BCUT2D eigenvalue weighted by Crippen LogP contribution is 2.29. The van der Waals surface area contributed by atoms with E-state index in [1.165, 1.54) is 0 Å². The van der Waals surface area contributed by atoms with E-state index in [4.69, 9.17) is 15.2 Å². The fraction of sp³-hybridized carbons (Fsp3) is 0.333. The van der Waals surface area contributed by atoms with Gasteiger partial charge in [0.15, 0.2) is 0 Å². The third-order valence-electron chi connectivity index (χ3n) is 2.18. The van der Waals surface area contributed by atoms with Crippen LogP contribution in [0.4, 0.5) is 0 Å². The predicted octanol–water partition coefficient (Wildman–Crippen LogP) is 1.98. The minimum Gasteiger partial charge on any atom is -0.496 e. The molecule has 0 amide bonds. The molecule has 0 aliphatic rings. The first-order valence-electron chi connectivity index (χ1n) is 4.82. The second kappa shape index (κ2) is 5.41. The van der Waals surface area contributed by atoms with Gasteiger partial charge < -0.3 is 15.2 Å². The zero-order valence-electron chi connectivity index (χ0n) is 9.41. The molecule has 0 unspecified atom stereocenters. The monoisotopic (exact) mass is 207 g/mol. The van der Waals surface area contributed by atoms with Gasteiger partial charge in [-0.15, -0.1) is 0 Å². The second-order valence-electron chi connectivity index (χ2n) is 3.20. The van der Waals surface area contributed by atoms with Crippen LogP contribution < -0.4 is 15.2 Å². The molecule has 15 heavy (non-hydrogen) atoms. The maximum Gasteiger partial charge on any atom is 0.129 e. The van der Waals surface area contributed by atoms with E-state index in [0.717, 1.165) is 22.6 Å². The van der Waals surface area contributed by atoms with Gasteiger partial charge in [-0.1, -0.05) is 12.2 Å². The summed E-state index contributed by atoms with van der Waals surface area (Å²) >= 11 is 0. The minimum atomic E-state index is 0.522. The summed E-state index contributed by atoms with van der Waals surface area (Å²) in [5.41, 5.74) is 7.50. The number of hydrogen-bond acceptors (Lipinski definition) is 3. The molecule has 0 saturated carbocycles. The Bertz CT molecular complexity index is 359. The van der Waals surface area contributed by atoms with Gasteiger partial charge in [-0.25, -0.2) is 0 Å². The molecule has 0 aliphatic carbocycles. The van der Waals surface area contributed by atoms with Crippen molar-refractivity contribution in [3.63, 3.8) is 0 Å². The maximum absolute atomic E-state index is 5.41. The molecule has 3 nitrogen and oxygen atoms in total. The SMILES string of the molecule is COc1cc(OC)c(/C=C/CN)cc1C. The van der Waals surface area contributed by atoms with Crippen LogP contribution in [-0.2, 0) is 0 Å². The van der Waals surface area contributed by atoms with Crippen LogP contribution in [0, 0.1) is 6.92 Å². The lowest BCUT2D eigenvalue weighted by molar-refractivity contribution is 0.392. The number of ether oxygens (including phenoxy) is 2. The molecule has 1 rings (SSSR count). The van der Waals surface area contributed by atoms with E-state index in [1.807, 2.05) is 31.2 Å². The summed E-state index contributed by atoms with van der Waals surface area (Å²) in [7, 11) is 3.29. The summed E-state index contributed by atoms with van der Waals surface area (Å²) < 4.78 is 10.5. The van der Waals surface area contributed by atoms with Crippen molar-refractivity contribution in [3.8, 4) is 11.5 Å². The largest absolute Gasteiger partial charge is 0.496 e. The second-order valence-corrected chi connectivity index (χ2v) is 3.20. The average Bonchev–Trinajstić information content (AvgIpc) is 2.26. The molecule has 1 aromatic rings. The zero-order chi connectivity index (χ0) is 11.3. The van der Waals surface area contributed by atoms with E-state index >= 15 is 0 Å². The normalized spacial score (nSPS) is 10.7. The number of benzene rings is 1. The van der Waals surface area contributed by atoms with Crippen LogP contribution >= 0.6 is 0 Å². The van der Waals surface area contributed by atoms with Gasteiger partial charge in [0.05, 0.1) is 14.2 Å². The van der Waals surface area contributed by atoms with Crippen molar-refractivity contribution in [3.05, 3.63) is 29.3 Å². The van der Waals surface area contributed by atoms with Gasteiger partial charge >= 0.3 is 0 Å². The molecule has 2 N–H and O–H groups in total. The van der Waals surface area contributed by atoms with Gasteiger partial charge in [-0.3, -0.25) is 0 Å². The van der Waals surface area contributed by atoms with Crippen LogP contribution in [0.1, 0.15) is 11.1 Å². The van der Waals surface area contributed by atoms with Gasteiger partial charge in [0.1, 0.15) is 11.5 Å². The van der Waals surface area contributed by atoms with Gasteiger partial charge in [0.25, 0.3) is 0 Å². The van der Waals surface area contributed by atoms with Crippen molar-refractivity contribution < 1.29 is 9.47 Å². The summed E-state index contributed by atoms with van der Waals surface area (Å²) in [6.07, 6.45) is 3.84. The van der Waals surface area contributed by atoms with Gasteiger partial charge in [0, 0.05) is 18.2 Å². The minimum absolute atomic E-state index is 0.522. The van der Waals surface area contributed by atoms with Crippen LogP contribution in [0.15, 0.2) is 18.2 Å². The lowest BCUT2D eigenvalue weighted by Crippen LogP contribution is -1.95. The molecule has 0 bridgehead atoms. The Morgan fingerprint density at radius 1 is 1.20 bits per heavy atom. The highest BCUT2D eigenvalue weighted by Gasteiger charge is 2.05. The number of methoxy groups -OCH3 is 2. The fourth-order valence-electron chi connectivity index (χ4n) is 1.41. The number of nitrogens with two attached hydrogens (primary N) is 1. The number of rotatable bonds is 4. The first-order valence-corrected chi connectivity index (χ1v) is 4.82. The summed E-state index contributed by atoms with van der Waals surface area (Å²) in [6.45, 7) is 2.52. The average molecular weight is 207 g/mol. The number of hydrogen-bond donors (Lipinski definition) is 1. The third kappa shape index (κ3) is 2.73. The molecular formula is C12H17NO2. The lowest BCUT2D eigenvalue weighted by atomic mass is 10.1. The highest BCUT2D eigenvalue weighted by molar-refractivity contribution is 5.61. The summed E-state index contributed by atoms with van der Waals surface area (Å²) in [5, 5.41) is 0.